The fourth-order valence-corrected chi connectivity index (χ4v) is 2.17. The van der Waals surface area contributed by atoms with E-state index < -0.39 is 0 Å². The maximum absolute atomic E-state index is 10.0. The predicted molar refractivity (Wildman–Crippen MR) is 62.9 cm³/mol. The Morgan fingerprint density at radius 1 is 1.13 bits per heavy atom. The number of aliphatic hydroxyl groups excluding tert-OH is 1. The molecule has 90 valence electrons. The van der Waals surface area contributed by atoms with Crippen LogP contribution in [-0.2, 0) is 4.74 Å². The molecule has 0 aromatic carbocycles. The zero-order valence-corrected chi connectivity index (χ0v) is 10.5. The number of hydrogen-bond acceptors (Lipinski definition) is 2. The second-order valence-electron chi connectivity index (χ2n) is 5.74. The molecule has 1 atom stereocenters. The Bertz CT molecular complexity index is 164. The van der Waals surface area contributed by atoms with Crippen LogP contribution in [0.1, 0.15) is 59.3 Å². The molecule has 0 aliphatic heterocycles. The normalized spacial score (nSPS) is 22.4. The van der Waals surface area contributed by atoms with Crippen LogP contribution in [0, 0.1) is 5.92 Å². The van der Waals surface area contributed by atoms with Gasteiger partial charge in [0.2, 0.25) is 0 Å². The van der Waals surface area contributed by atoms with Crippen LogP contribution in [0.25, 0.3) is 0 Å². The van der Waals surface area contributed by atoms with Gasteiger partial charge in [-0.1, -0.05) is 25.7 Å². The van der Waals surface area contributed by atoms with Crippen LogP contribution in [0.3, 0.4) is 0 Å². The zero-order valence-electron chi connectivity index (χ0n) is 10.5. The van der Waals surface area contributed by atoms with Gasteiger partial charge in [-0.15, -0.1) is 0 Å². The van der Waals surface area contributed by atoms with E-state index >= 15 is 0 Å². The maximum Gasteiger partial charge on any atom is 0.0802 e. The SMILES string of the molecule is CC(C)(C)OCC(O)C1CCCCCC1. The molecule has 1 unspecified atom stereocenters. The number of hydrogen-bond donors (Lipinski definition) is 1. The first-order valence-corrected chi connectivity index (χ1v) is 6.31. The molecule has 0 aromatic rings. The fourth-order valence-electron chi connectivity index (χ4n) is 2.17. The van der Waals surface area contributed by atoms with E-state index in [9.17, 15) is 5.11 Å². The van der Waals surface area contributed by atoms with Gasteiger partial charge in [0.15, 0.2) is 0 Å². The molecule has 1 saturated carbocycles. The largest absolute Gasteiger partial charge is 0.390 e. The van der Waals surface area contributed by atoms with Crippen molar-refractivity contribution >= 4 is 0 Å². The Balaban J connectivity index is 2.28. The molecule has 1 rings (SSSR count). The second-order valence-corrected chi connectivity index (χ2v) is 5.74. The standard InChI is InChI=1S/C13H26O2/c1-13(2,3)15-10-12(14)11-8-6-4-5-7-9-11/h11-12,14H,4-10H2,1-3H3. The van der Waals surface area contributed by atoms with E-state index in [4.69, 9.17) is 4.74 Å². The highest BCUT2D eigenvalue weighted by molar-refractivity contribution is 4.73. The van der Waals surface area contributed by atoms with Gasteiger partial charge in [-0.2, -0.15) is 0 Å². The Labute approximate surface area is 94.0 Å². The number of rotatable bonds is 3. The third-order valence-electron chi connectivity index (χ3n) is 3.13. The Morgan fingerprint density at radius 2 is 1.67 bits per heavy atom. The van der Waals surface area contributed by atoms with Gasteiger partial charge in [0.05, 0.1) is 18.3 Å². The quantitative estimate of drug-likeness (QED) is 0.731. The van der Waals surface area contributed by atoms with Crippen LogP contribution in [0.2, 0.25) is 0 Å². The Kier molecular flexibility index (Phi) is 5.07. The molecule has 1 fully saturated rings. The van der Waals surface area contributed by atoms with E-state index in [2.05, 4.69) is 0 Å². The van der Waals surface area contributed by atoms with Gasteiger partial charge >= 0.3 is 0 Å². The molecule has 0 amide bonds. The van der Waals surface area contributed by atoms with Crippen LogP contribution >= 0.6 is 0 Å². The lowest BCUT2D eigenvalue weighted by molar-refractivity contribution is -0.0663. The summed E-state index contributed by atoms with van der Waals surface area (Å²) in [6, 6.07) is 0. The van der Waals surface area contributed by atoms with Crippen LogP contribution in [-0.4, -0.2) is 23.4 Å². The summed E-state index contributed by atoms with van der Waals surface area (Å²) in [6.45, 7) is 6.60. The summed E-state index contributed by atoms with van der Waals surface area (Å²) >= 11 is 0. The average Bonchev–Trinajstić information content (AvgIpc) is 2.41. The molecule has 0 aromatic heterocycles. The first-order chi connectivity index (χ1) is 6.99. The lowest BCUT2D eigenvalue weighted by atomic mass is 9.94. The van der Waals surface area contributed by atoms with E-state index in [-0.39, 0.29) is 11.7 Å². The van der Waals surface area contributed by atoms with Gasteiger partial charge in [-0.05, 0) is 39.5 Å². The summed E-state index contributed by atoms with van der Waals surface area (Å²) in [7, 11) is 0. The van der Waals surface area contributed by atoms with Gasteiger partial charge in [0, 0.05) is 0 Å². The molecule has 1 N–H and O–H groups in total. The minimum atomic E-state index is -0.262. The summed E-state index contributed by atoms with van der Waals surface area (Å²) in [5.41, 5.74) is -0.133. The third kappa shape index (κ3) is 5.53. The van der Waals surface area contributed by atoms with E-state index in [0.29, 0.717) is 12.5 Å². The van der Waals surface area contributed by atoms with Crippen LogP contribution in [0.5, 0.6) is 0 Å². The van der Waals surface area contributed by atoms with Gasteiger partial charge in [-0.25, -0.2) is 0 Å². The summed E-state index contributed by atoms with van der Waals surface area (Å²) in [5.74, 6) is 0.467. The smallest absolute Gasteiger partial charge is 0.0802 e. The number of aliphatic hydroxyl groups is 1. The maximum atomic E-state index is 10.0. The highest BCUT2D eigenvalue weighted by atomic mass is 16.5. The van der Waals surface area contributed by atoms with Crippen molar-refractivity contribution in [3.63, 3.8) is 0 Å². The van der Waals surface area contributed by atoms with Crippen molar-refractivity contribution in [3.05, 3.63) is 0 Å². The molecule has 1 aliphatic rings. The molecule has 0 saturated heterocycles. The Hall–Kier alpha value is -0.0800. The molecule has 1 aliphatic carbocycles. The van der Waals surface area contributed by atoms with Crippen molar-refractivity contribution in [1.82, 2.24) is 0 Å². The number of ether oxygens (including phenoxy) is 1. The zero-order chi connectivity index (χ0) is 11.3. The lowest BCUT2D eigenvalue weighted by Gasteiger charge is -2.26. The predicted octanol–water partition coefficient (Wildman–Crippen LogP) is 3.13. The van der Waals surface area contributed by atoms with Crippen molar-refractivity contribution in [2.24, 2.45) is 5.92 Å². The highest BCUT2D eigenvalue weighted by Crippen LogP contribution is 2.26. The summed E-state index contributed by atoms with van der Waals surface area (Å²) in [6.07, 6.45) is 7.31. The summed E-state index contributed by atoms with van der Waals surface area (Å²) in [4.78, 5) is 0. The molecule has 0 spiro atoms. The van der Waals surface area contributed by atoms with Gasteiger partial charge in [0.1, 0.15) is 0 Å². The summed E-state index contributed by atoms with van der Waals surface area (Å²) < 4.78 is 5.64. The van der Waals surface area contributed by atoms with Crippen molar-refractivity contribution in [2.45, 2.75) is 71.0 Å². The molecule has 0 radical (unpaired) electrons. The molecule has 2 nitrogen and oxygen atoms in total. The molecule has 2 heteroatoms. The highest BCUT2D eigenvalue weighted by Gasteiger charge is 2.22. The van der Waals surface area contributed by atoms with E-state index in [1.807, 2.05) is 20.8 Å². The van der Waals surface area contributed by atoms with E-state index in [0.717, 1.165) is 0 Å². The first kappa shape index (κ1) is 13.0. The van der Waals surface area contributed by atoms with Crippen molar-refractivity contribution in [2.75, 3.05) is 6.61 Å². The molecule has 0 bridgehead atoms. The summed E-state index contributed by atoms with van der Waals surface area (Å²) in [5, 5.41) is 10.0. The third-order valence-corrected chi connectivity index (χ3v) is 3.13. The monoisotopic (exact) mass is 214 g/mol. The topological polar surface area (TPSA) is 29.5 Å². The molecule has 0 heterocycles. The van der Waals surface area contributed by atoms with Crippen LogP contribution in [0.4, 0.5) is 0 Å². The molecular formula is C13H26O2. The Morgan fingerprint density at radius 3 is 2.13 bits per heavy atom. The van der Waals surface area contributed by atoms with Crippen molar-refractivity contribution < 1.29 is 9.84 Å². The van der Waals surface area contributed by atoms with E-state index in [1.54, 1.807) is 0 Å². The average molecular weight is 214 g/mol. The van der Waals surface area contributed by atoms with Crippen LogP contribution < -0.4 is 0 Å². The molecule has 15 heavy (non-hydrogen) atoms. The minimum Gasteiger partial charge on any atom is -0.390 e. The second kappa shape index (κ2) is 5.86. The van der Waals surface area contributed by atoms with Gasteiger partial charge in [-0.3, -0.25) is 0 Å². The van der Waals surface area contributed by atoms with Crippen molar-refractivity contribution in [3.8, 4) is 0 Å². The van der Waals surface area contributed by atoms with Crippen molar-refractivity contribution in [1.29, 1.82) is 0 Å². The van der Waals surface area contributed by atoms with E-state index in [1.165, 1.54) is 38.5 Å². The lowest BCUT2D eigenvalue weighted by Crippen LogP contribution is -2.31. The first-order valence-electron chi connectivity index (χ1n) is 6.31. The van der Waals surface area contributed by atoms with Gasteiger partial charge < -0.3 is 9.84 Å². The van der Waals surface area contributed by atoms with Gasteiger partial charge in [0.25, 0.3) is 0 Å². The fraction of sp³-hybridized carbons (Fsp3) is 1.00. The van der Waals surface area contributed by atoms with Crippen LogP contribution in [0.15, 0.2) is 0 Å². The molecular weight excluding hydrogens is 188 g/mol. The minimum absolute atomic E-state index is 0.133.